The zero-order valence-corrected chi connectivity index (χ0v) is 18.1. The minimum absolute atomic E-state index is 0.0784. The summed E-state index contributed by atoms with van der Waals surface area (Å²) in [6, 6.07) is 5.24. The Balaban J connectivity index is 2.02. The molecule has 0 radical (unpaired) electrons. The maximum Gasteiger partial charge on any atom is 0.337 e. The molecule has 1 fully saturated rings. The van der Waals surface area contributed by atoms with E-state index in [0.29, 0.717) is 28.2 Å². The van der Waals surface area contributed by atoms with Crippen molar-refractivity contribution < 1.29 is 23.8 Å². The van der Waals surface area contributed by atoms with Crippen LogP contribution in [-0.2, 0) is 23.8 Å². The number of hydrogen-bond acceptors (Lipinski definition) is 8. The van der Waals surface area contributed by atoms with Gasteiger partial charge in [0.15, 0.2) is 0 Å². The van der Waals surface area contributed by atoms with Crippen LogP contribution < -0.4 is 5.32 Å². The number of aromatic nitrogens is 1. The van der Waals surface area contributed by atoms with Crippen LogP contribution in [0.25, 0.3) is 0 Å². The van der Waals surface area contributed by atoms with Gasteiger partial charge < -0.3 is 19.5 Å². The molecule has 164 valence electrons. The Morgan fingerprint density at radius 2 is 1.84 bits per heavy atom. The summed E-state index contributed by atoms with van der Waals surface area (Å²) < 4.78 is 16.1. The lowest BCUT2D eigenvalue weighted by atomic mass is 9.82. The number of methoxy groups -OCH3 is 1. The molecular weight excluding hydrogens is 398 g/mol. The lowest BCUT2D eigenvalue weighted by Gasteiger charge is -2.30. The van der Waals surface area contributed by atoms with E-state index in [9.17, 15) is 14.9 Å². The summed E-state index contributed by atoms with van der Waals surface area (Å²) >= 11 is 0. The van der Waals surface area contributed by atoms with Crippen molar-refractivity contribution in [2.24, 2.45) is 0 Å². The van der Waals surface area contributed by atoms with Crippen molar-refractivity contribution in [1.82, 2.24) is 10.3 Å². The van der Waals surface area contributed by atoms with E-state index < -0.39 is 17.9 Å². The first kappa shape index (κ1) is 22.5. The largest absolute Gasteiger partial charge is 0.460 e. The first-order valence-corrected chi connectivity index (χ1v) is 10.4. The molecule has 2 aliphatic rings. The van der Waals surface area contributed by atoms with Crippen molar-refractivity contribution >= 4 is 11.9 Å². The first-order valence-electron chi connectivity index (χ1n) is 10.4. The molecule has 1 aromatic rings. The fourth-order valence-corrected chi connectivity index (χ4v) is 4.02. The quantitative estimate of drug-likeness (QED) is 0.524. The average Bonchev–Trinajstić information content (AvgIpc) is 3.26. The number of rotatable bonds is 7. The second-order valence-electron chi connectivity index (χ2n) is 7.66. The molecular formula is C23H27N3O5. The third kappa shape index (κ3) is 5.12. The molecule has 0 spiro atoms. The predicted molar refractivity (Wildman–Crippen MR) is 111 cm³/mol. The van der Waals surface area contributed by atoms with Crippen LogP contribution in [0.5, 0.6) is 0 Å². The second-order valence-corrected chi connectivity index (χ2v) is 7.66. The number of nitrogens with one attached hydrogen (secondary N) is 1. The van der Waals surface area contributed by atoms with Crippen molar-refractivity contribution in [3.8, 4) is 6.07 Å². The number of pyridine rings is 1. The Labute approximate surface area is 181 Å². The molecule has 1 aliphatic heterocycles. The Bertz CT molecular complexity index is 954. The van der Waals surface area contributed by atoms with Gasteiger partial charge in [-0.05, 0) is 51.7 Å². The molecule has 1 saturated carbocycles. The summed E-state index contributed by atoms with van der Waals surface area (Å²) in [5.74, 6) is -1.87. The van der Waals surface area contributed by atoms with E-state index in [1.165, 1.54) is 13.3 Å². The Kier molecular flexibility index (Phi) is 7.42. The van der Waals surface area contributed by atoms with E-state index in [2.05, 4.69) is 16.4 Å². The van der Waals surface area contributed by atoms with Crippen LogP contribution in [0.15, 0.2) is 40.9 Å². The maximum absolute atomic E-state index is 13.2. The van der Waals surface area contributed by atoms with E-state index in [-0.39, 0.29) is 24.9 Å². The van der Waals surface area contributed by atoms with Crippen LogP contribution in [0, 0.1) is 11.3 Å². The van der Waals surface area contributed by atoms with Crippen LogP contribution >= 0.6 is 0 Å². The van der Waals surface area contributed by atoms with Crippen molar-refractivity contribution in [1.29, 1.82) is 5.26 Å². The number of allylic oxidation sites excluding steroid dienone is 2. The van der Waals surface area contributed by atoms with Gasteiger partial charge in [-0.25, -0.2) is 9.59 Å². The summed E-state index contributed by atoms with van der Waals surface area (Å²) in [4.78, 5) is 30.6. The van der Waals surface area contributed by atoms with Crippen molar-refractivity contribution in [2.75, 3.05) is 20.3 Å². The Hall–Kier alpha value is -3.18. The summed E-state index contributed by atoms with van der Waals surface area (Å²) in [5, 5.41) is 12.5. The molecule has 3 rings (SSSR count). The molecule has 0 amide bonds. The molecule has 2 heterocycles. The monoisotopic (exact) mass is 425 g/mol. The van der Waals surface area contributed by atoms with Gasteiger partial charge in [-0.15, -0.1) is 0 Å². The number of carbonyl (C=O) groups excluding carboxylic acids is 2. The highest BCUT2D eigenvalue weighted by Gasteiger charge is 2.39. The molecule has 0 saturated heterocycles. The van der Waals surface area contributed by atoms with E-state index in [1.54, 1.807) is 26.0 Å². The van der Waals surface area contributed by atoms with Crippen molar-refractivity contribution in [2.45, 2.75) is 51.6 Å². The van der Waals surface area contributed by atoms with Gasteiger partial charge in [0, 0.05) is 24.7 Å². The third-order valence-corrected chi connectivity index (χ3v) is 5.50. The minimum atomic E-state index is -0.807. The molecule has 8 nitrogen and oxygen atoms in total. The fraction of sp³-hybridized carbons (Fsp3) is 0.478. The molecule has 31 heavy (non-hydrogen) atoms. The third-order valence-electron chi connectivity index (χ3n) is 5.50. The lowest BCUT2D eigenvalue weighted by Crippen LogP contribution is -2.34. The van der Waals surface area contributed by atoms with Crippen LogP contribution in [0.1, 0.15) is 56.7 Å². The smallest absolute Gasteiger partial charge is 0.337 e. The van der Waals surface area contributed by atoms with Crippen LogP contribution in [0.3, 0.4) is 0 Å². The van der Waals surface area contributed by atoms with E-state index >= 15 is 0 Å². The van der Waals surface area contributed by atoms with Crippen LogP contribution in [0.4, 0.5) is 0 Å². The standard InChI is InChI=1S/C23H27N3O5/c1-14-19(22(27)30-11-10-29-3)21(18-12-16(13-24)8-9-25-18)20(15(2)26-14)23(28)31-17-6-4-5-7-17/h8-9,12,17,21,26H,4-7,10-11H2,1-3H3. The second kappa shape index (κ2) is 10.2. The number of nitrogens with zero attached hydrogens (tertiary/aromatic N) is 2. The number of ether oxygens (including phenoxy) is 3. The van der Waals surface area contributed by atoms with Crippen LogP contribution in [-0.4, -0.2) is 43.4 Å². The zero-order valence-electron chi connectivity index (χ0n) is 18.1. The fourth-order valence-electron chi connectivity index (χ4n) is 4.02. The normalized spacial score (nSPS) is 19.1. The number of carbonyl (C=O) groups is 2. The molecule has 1 unspecified atom stereocenters. The Morgan fingerprint density at radius 1 is 1.16 bits per heavy atom. The molecule has 1 aliphatic carbocycles. The summed E-state index contributed by atoms with van der Waals surface area (Å²) in [5.41, 5.74) is 2.52. The van der Waals surface area contributed by atoms with Gasteiger partial charge in [-0.3, -0.25) is 4.98 Å². The SMILES string of the molecule is COCCOC(=O)C1=C(C)NC(C)=C(C(=O)OC2CCCC2)C1c1cc(C#N)ccn1. The van der Waals surface area contributed by atoms with Gasteiger partial charge in [0.05, 0.1) is 41.0 Å². The zero-order chi connectivity index (χ0) is 22.4. The Morgan fingerprint density at radius 3 is 2.48 bits per heavy atom. The lowest BCUT2D eigenvalue weighted by molar-refractivity contribution is -0.144. The highest BCUT2D eigenvalue weighted by atomic mass is 16.6. The van der Waals surface area contributed by atoms with Crippen molar-refractivity contribution in [3.63, 3.8) is 0 Å². The van der Waals surface area contributed by atoms with Gasteiger partial charge in [0.25, 0.3) is 0 Å². The average molecular weight is 425 g/mol. The molecule has 0 bridgehead atoms. The number of nitriles is 1. The van der Waals surface area contributed by atoms with E-state index in [4.69, 9.17) is 14.2 Å². The van der Waals surface area contributed by atoms with Gasteiger partial charge in [-0.2, -0.15) is 5.26 Å². The summed E-state index contributed by atoms with van der Waals surface area (Å²) in [6.07, 6.45) is 5.09. The topological polar surface area (TPSA) is 111 Å². The predicted octanol–water partition coefficient (Wildman–Crippen LogP) is 2.86. The van der Waals surface area contributed by atoms with Gasteiger partial charge in [-0.1, -0.05) is 0 Å². The molecule has 1 aromatic heterocycles. The van der Waals surface area contributed by atoms with Crippen LogP contribution in [0.2, 0.25) is 0 Å². The molecule has 8 heteroatoms. The first-order chi connectivity index (χ1) is 15.0. The van der Waals surface area contributed by atoms with Gasteiger partial charge in [0.1, 0.15) is 12.7 Å². The highest BCUT2D eigenvalue weighted by Crippen LogP contribution is 2.39. The number of esters is 2. The van der Waals surface area contributed by atoms with Gasteiger partial charge in [0.2, 0.25) is 0 Å². The molecule has 0 aromatic carbocycles. The van der Waals surface area contributed by atoms with Gasteiger partial charge >= 0.3 is 11.9 Å². The van der Waals surface area contributed by atoms with E-state index in [0.717, 1.165) is 25.7 Å². The summed E-state index contributed by atoms with van der Waals surface area (Å²) in [7, 11) is 1.52. The summed E-state index contributed by atoms with van der Waals surface area (Å²) in [6.45, 7) is 3.85. The van der Waals surface area contributed by atoms with E-state index in [1.807, 2.05) is 0 Å². The minimum Gasteiger partial charge on any atom is -0.460 e. The molecule has 1 N–H and O–H groups in total. The number of dihydropyridines is 1. The number of hydrogen-bond donors (Lipinski definition) is 1. The highest BCUT2D eigenvalue weighted by molar-refractivity contribution is 5.99. The molecule has 1 atom stereocenters. The van der Waals surface area contributed by atoms with Crippen molar-refractivity contribution in [3.05, 3.63) is 52.1 Å². The maximum atomic E-state index is 13.2.